The van der Waals surface area contributed by atoms with E-state index in [4.69, 9.17) is 5.73 Å². The molecule has 0 saturated heterocycles. The highest BCUT2D eigenvalue weighted by Crippen LogP contribution is 2.34. The highest BCUT2D eigenvalue weighted by Gasteiger charge is 2.34. The van der Waals surface area contributed by atoms with Crippen LogP contribution in [0.25, 0.3) is 0 Å². The van der Waals surface area contributed by atoms with Gasteiger partial charge in [0.25, 0.3) is 0 Å². The third kappa shape index (κ3) is 3.01. The van der Waals surface area contributed by atoms with E-state index in [9.17, 15) is 13.2 Å². The average molecular weight is 283 g/mol. The molecule has 0 radical (unpaired) electrons. The molecule has 1 unspecified atom stereocenters. The number of hydrogen-bond acceptors (Lipinski definition) is 2. The van der Waals surface area contributed by atoms with Gasteiger partial charge < -0.3 is 5.73 Å². The van der Waals surface area contributed by atoms with Gasteiger partial charge in [-0.15, -0.1) is 0 Å². The van der Waals surface area contributed by atoms with E-state index >= 15 is 0 Å². The van der Waals surface area contributed by atoms with E-state index in [-0.39, 0.29) is 12.1 Å². The molecule has 0 aliphatic carbocycles. The van der Waals surface area contributed by atoms with Gasteiger partial charge in [0.1, 0.15) is 0 Å². The summed E-state index contributed by atoms with van der Waals surface area (Å²) in [7, 11) is 0. The number of nitrogens with two attached hydrogens (primary N) is 1. The standard InChI is InChI=1S/C14H16F3N3/c1-9-7-10(2)20(19-9)8-13(18)11-5-3-4-6-12(11)14(15,16)17/h3-7,13H,8,18H2,1-2H3. The lowest BCUT2D eigenvalue weighted by Gasteiger charge is -2.18. The van der Waals surface area contributed by atoms with Crippen LogP contribution in [0.3, 0.4) is 0 Å². The molecule has 0 bridgehead atoms. The lowest BCUT2D eigenvalue weighted by molar-refractivity contribution is -0.138. The van der Waals surface area contributed by atoms with Crippen LogP contribution in [-0.2, 0) is 12.7 Å². The van der Waals surface area contributed by atoms with E-state index in [0.717, 1.165) is 17.5 Å². The van der Waals surface area contributed by atoms with Gasteiger partial charge in [-0.25, -0.2) is 0 Å². The topological polar surface area (TPSA) is 43.8 Å². The maximum Gasteiger partial charge on any atom is 0.416 e. The fourth-order valence-corrected chi connectivity index (χ4v) is 2.22. The van der Waals surface area contributed by atoms with Gasteiger partial charge in [0.05, 0.1) is 23.8 Å². The van der Waals surface area contributed by atoms with Crippen molar-refractivity contribution < 1.29 is 13.2 Å². The minimum absolute atomic E-state index is 0.0903. The van der Waals surface area contributed by atoms with Crippen LogP contribution >= 0.6 is 0 Å². The Labute approximate surface area is 115 Å². The first-order valence-corrected chi connectivity index (χ1v) is 6.22. The van der Waals surface area contributed by atoms with Crippen LogP contribution in [0, 0.1) is 13.8 Å². The van der Waals surface area contributed by atoms with Crippen LogP contribution in [-0.4, -0.2) is 9.78 Å². The molecule has 0 saturated carbocycles. The molecule has 0 aliphatic rings. The smallest absolute Gasteiger partial charge is 0.322 e. The molecule has 0 spiro atoms. The van der Waals surface area contributed by atoms with Crippen molar-refractivity contribution >= 4 is 0 Å². The number of aromatic nitrogens is 2. The van der Waals surface area contributed by atoms with Crippen molar-refractivity contribution in [2.75, 3.05) is 0 Å². The van der Waals surface area contributed by atoms with Gasteiger partial charge in [0.2, 0.25) is 0 Å². The first-order valence-electron chi connectivity index (χ1n) is 6.22. The zero-order chi connectivity index (χ0) is 14.9. The second-order valence-corrected chi connectivity index (χ2v) is 4.80. The lowest BCUT2D eigenvalue weighted by Crippen LogP contribution is -2.22. The molecule has 3 nitrogen and oxygen atoms in total. The number of hydrogen-bond donors (Lipinski definition) is 1. The van der Waals surface area contributed by atoms with Crippen LogP contribution in [0.5, 0.6) is 0 Å². The highest BCUT2D eigenvalue weighted by molar-refractivity contribution is 5.32. The summed E-state index contributed by atoms with van der Waals surface area (Å²) in [4.78, 5) is 0. The van der Waals surface area contributed by atoms with Gasteiger partial charge in [-0.05, 0) is 31.5 Å². The second-order valence-electron chi connectivity index (χ2n) is 4.80. The predicted octanol–water partition coefficient (Wildman–Crippen LogP) is 3.22. The molecule has 0 fully saturated rings. The zero-order valence-electron chi connectivity index (χ0n) is 11.3. The van der Waals surface area contributed by atoms with Crippen LogP contribution in [0.2, 0.25) is 0 Å². The quantitative estimate of drug-likeness (QED) is 0.940. The van der Waals surface area contributed by atoms with Gasteiger partial charge in [-0.2, -0.15) is 18.3 Å². The molecule has 1 aromatic heterocycles. The number of rotatable bonds is 3. The summed E-state index contributed by atoms with van der Waals surface area (Å²) in [6.07, 6.45) is -4.40. The van der Waals surface area contributed by atoms with Crippen molar-refractivity contribution in [3.05, 3.63) is 52.8 Å². The first kappa shape index (κ1) is 14.6. The normalized spacial score (nSPS) is 13.5. The number of alkyl halides is 3. The Morgan fingerprint density at radius 1 is 1.25 bits per heavy atom. The molecule has 6 heteroatoms. The Morgan fingerprint density at radius 3 is 2.45 bits per heavy atom. The molecule has 1 aromatic carbocycles. The number of nitrogens with zero attached hydrogens (tertiary/aromatic N) is 2. The van der Waals surface area contributed by atoms with Crippen LogP contribution < -0.4 is 5.73 Å². The molecule has 2 N–H and O–H groups in total. The largest absolute Gasteiger partial charge is 0.416 e. The summed E-state index contributed by atoms with van der Waals surface area (Å²) in [5.41, 5.74) is 7.04. The number of benzene rings is 1. The summed E-state index contributed by atoms with van der Waals surface area (Å²) < 4.78 is 40.5. The average Bonchev–Trinajstić information content (AvgIpc) is 2.66. The molecular formula is C14H16F3N3. The summed E-state index contributed by atoms with van der Waals surface area (Å²) in [5.74, 6) is 0. The maximum atomic E-state index is 13.0. The van der Waals surface area contributed by atoms with Crippen molar-refractivity contribution in [2.24, 2.45) is 5.73 Å². The summed E-state index contributed by atoms with van der Waals surface area (Å²) in [6, 6.07) is 6.50. The summed E-state index contributed by atoms with van der Waals surface area (Å²) in [6.45, 7) is 3.90. The van der Waals surface area contributed by atoms with Crippen molar-refractivity contribution in [3.63, 3.8) is 0 Å². The maximum absolute atomic E-state index is 13.0. The van der Waals surface area contributed by atoms with E-state index in [1.807, 2.05) is 19.9 Å². The molecule has 1 atom stereocenters. The molecule has 2 aromatic rings. The zero-order valence-corrected chi connectivity index (χ0v) is 11.3. The summed E-state index contributed by atoms with van der Waals surface area (Å²) in [5, 5.41) is 4.22. The minimum atomic E-state index is -4.40. The van der Waals surface area contributed by atoms with Crippen molar-refractivity contribution in [3.8, 4) is 0 Å². The predicted molar refractivity (Wildman–Crippen MR) is 70.1 cm³/mol. The minimum Gasteiger partial charge on any atom is -0.322 e. The fraction of sp³-hybridized carbons (Fsp3) is 0.357. The van der Waals surface area contributed by atoms with Gasteiger partial charge >= 0.3 is 6.18 Å². The van der Waals surface area contributed by atoms with E-state index in [1.54, 1.807) is 10.7 Å². The molecule has 108 valence electrons. The molecule has 2 rings (SSSR count). The van der Waals surface area contributed by atoms with Gasteiger partial charge in [-0.3, -0.25) is 4.68 Å². The van der Waals surface area contributed by atoms with Crippen LogP contribution in [0.1, 0.15) is 28.6 Å². The van der Waals surface area contributed by atoms with Crippen molar-refractivity contribution in [1.82, 2.24) is 9.78 Å². The fourth-order valence-electron chi connectivity index (χ4n) is 2.22. The first-order chi connectivity index (χ1) is 9.29. The van der Waals surface area contributed by atoms with Crippen LogP contribution in [0.15, 0.2) is 30.3 Å². The molecule has 20 heavy (non-hydrogen) atoms. The van der Waals surface area contributed by atoms with Crippen molar-refractivity contribution in [2.45, 2.75) is 32.6 Å². The third-order valence-electron chi connectivity index (χ3n) is 3.14. The molecule has 0 amide bonds. The Hall–Kier alpha value is -1.82. The van der Waals surface area contributed by atoms with E-state index in [1.165, 1.54) is 12.1 Å². The summed E-state index contributed by atoms with van der Waals surface area (Å²) >= 11 is 0. The van der Waals surface area contributed by atoms with E-state index in [2.05, 4.69) is 5.10 Å². The molecule has 1 heterocycles. The van der Waals surface area contributed by atoms with E-state index < -0.39 is 17.8 Å². The third-order valence-corrected chi connectivity index (χ3v) is 3.14. The molecule has 0 aliphatic heterocycles. The van der Waals surface area contributed by atoms with Gasteiger partial charge in [0.15, 0.2) is 0 Å². The van der Waals surface area contributed by atoms with Crippen LogP contribution in [0.4, 0.5) is 13.2 Å². The SMILES string of the molecule is Cc1cc(C)n(CC(N)c2ccccc2C(F)(F)F)n1. The van der Waals surface area contributed by atoms with Crippen molar-refractivity contribution in [1.29, 1.82) is 0 Å². The lowest BCUT2D eigenvalue weighted by atomic mass is 10.0. The number of aryl methyl sites for hydroxylation is 2. The Kier molecular flexibility index (Phi) is 3.85. The second kappa shape index (κ2) is 5.28. The van der Waals surface area contributed by atoms with E-state index in [0.29, 0.717) is 0 Å². The van der Waals surface area contributed by atoms with Gasteiger partial charge in [0, 0.05) is 5.69 Å². The Morgan fingerprint density at radius 2 is 1.90 bits per heavy atom. The number of halogens is 3. The molecular weight excluding hydrogens is 267 g/mol. The highest BCUT2D eigenvalue weighted by atomic mass is 19.4. The Balaban J connectivity index is 2.30. The monoisotopic (exact) mass is 283 g/mol. The van der Waals surface area contributed by atoms with Gasteiger partial charge in [-0.1, -0.05) is 18.2 Å². The Bertz CT molecular complexity index is 602.